The molecule has 4 N–H and O–H groups in total. The first-order valence-corrected chi connectivity index (χ1v) is 5.69. The zero-order chi connectivity index (χ0) is 13.5. The lowest BCUT2D eigenvalue weighted by molar-refractivity contribution is 0.0950. The number of hydrogen-bond acceptors (Lipinski definition) is 4. The number of nitrogens with zero attached hydrogens (tertiary/aromatic N) is 2. The zero-order valence-electron chi connectivity index (χ0n) is 10.2. The third-order valence-electron chi connectivity index (χ3n) is 2.34. The number of aromatic nitrogens is 3. The van der Waals surface area contributed by atoms with Crippen LogP contribution in [0, 0.1) is 11.8 Å². The van der Waals surface area contributed by atoms with Crippen LogP contribution in [0.15, 0.2) is 30.9 Å². The number of carbonyl (C=O) groups excluding carboxylic acids is 1. The highest BCUT2D eigenvalue weighted by molar-refractivity contribution is 5.94. The number of pyridine rings is 1. The van der Waals surface area contributed by atoms with E-state index in [1.165, 1.54) is 6.20 Å². The highest BCUT2D eigenvalue weighted by Gasteiger charge is 2.06. The first-order valence-electron chi connectivity index (χ1n) is 5.69. The second-order valence-corrected chi connectivity index (χ2v) is 3.76. The van der Waals surface area contributed by atoms with Crippen LogP contribution in [-0.2, 0) is 6.54 Å². The highest BCUT2D eigenvalue weighted by atomic mass is 16.1. The fraction of sp³-hybridized carbons (Fsp3) is 0.154. The van der Waals surface area contributed by atoms with Crippen LogP contribution in [-0.4, -0.2) is 27.6 Å². The van der Waals surface area contributed by atoms with E-state index in [0.29, 0.717) is 17.7 Å². The van der Waals surface area contributed by atoms with Gasteiger partial charge >= 0.3 is 0 Å². The van der Waals surface area contributed by atoms with Crippen molar-refractivity contribution in [1.29, 1.82) is 0 Å². The van der Waals surface area contributed by atoms with Gasteiger partial charge in [-0.05, 0) is 6.07 Å². The molecule has 0 unspecified atom stereocenters. The van der Waals surface area contributed by atoms with E-state index >= 15 is 0 Å². The molecule has 2 aromatic heterocycles. The van der Waals surface area contributed by atoms with Crippen LogP contribution in [0.3, 0.4) is 0 Å². The predicted octanol–water partition coefficient (Wildman–Crippen LogP) is 0.0449. The molecule has 6 nitrogen and oxygen atoms in total. The fourth-order valence-corrected chi connectivity index (χ4v) is 1.44. The lowest BCUT2D eigenvalue weighted by atomic mass is 10.2. The van der Waals surface area contributed by atoms with Crippen molar-refractivity contribution in [3.8, 4) is 11.8 Å². The molecule has 19 heavy (non-hydrogen) atoms. The summed E-state index contributed by atoms with van der Waals surface area (Å²) in [5.41, 5.74) is 7.33. The van der Waals surface area contributed by atoms with Crippen molar-refractivity contribution in [1.82, 2.24) is 20.5 Å². The minimum atomic E-state index is -0.204. The third-order valence-corrected chi connectivity index (χ3v) is 2.34. The second-order valence-electron chi connectivity index (χ2n) is 3.76. The molecule has 0 spiro atoms. The molecule has 0 aliphatic heterocycles. The summed E-state index contributed by atoms with van der Waals surface area (Å²) in [7, 11) is 0. The van der Waals surface area contributed by atoms with Gasteiger partial charge in [0.2, 0.25) is 0 Å². The minimum Gasteiger partial charge on any atom is -0.348 e. The SMILES string of the molecule is NCC#Cc1cncc(C(=O)NCc2cn[nH]c2)c1. The Morgan fingerprint density at radius 3 is 3.05 bits per heavy atom. The van der Waals surface area contributed by atoms with Crippen molar-refractivity contribution in [2.45, 2.75) is 6.54 Å². The summed E-state index contributed by atoms with van der Waals surface area (Å²) in [6.45, 7) is 0.685. The van der Waals surface area contributed by atoms with Crippen molar-refractivity contribution in [2.75, 3.05) is 6.54 Å². The summed E-state index contributed by atoms with van der Waals surface area (Å²) in [6.07, 6.45) is 6.47. The van der Waals surface area contributed by atoms with Crippen LogP contribution < -0.4 is 11.1 Å². The summed E-state index contributed by atoms with van der Waals surface area (Å²) in [6, 6.07) is 1.68. The van der Waals surface area contributed by atoms with Crippen molar-refractivity contribution in [2.24, 2.45) is 5.73 Å². The molecule has 0 aliphatic carbocycles. The lowest BCUT2D eigenvalue weighted by Crippen LogP contribution is -2.22. The van der Waals surface area contributed by atoms with Crippen molar-refractivity contribution in [3.63, 3.8) is 0 Å². The van der Waals surface area contributed by atoms with Crippen LogP contribution >= 0.6 is 0 Å². The van der Waals surface area contributed by atoms with Gasteiger partial charge in [0.15, 0.2) is 0 Å². The maximum absolute atomic E-state index is 11.9. The van der Waals surface area contributed by atoms with Crippen LogP contribution in [0.25, 0.3) is 0 Å². The first-order chi connectivity index (χ1) is 9.29. The highest BCUT2D eigenvalue weighted by Crippen LogP contribution is 2.02. The number of rotatable bonds is 3. The molecule has 0 fully saturated rings. The van der Waals surface area contributed by atoms with Gasteiger partial charge in [0, 0.05) is 36.3 Å². The molecule has 6 heteroatoms. The Labute approximate surface area is 110 Å². The van der Waals surface area contributed by atoms with Crippen LogP contribution in [0.4, 0.5) is 0 Å². The molecule has 96 valence electrons. The Hall–Kier alpha value is -2.65. The molecule has 0 bridgehead atoms. The lowest BCUT2D eigenvalue weighted by Gasteiger charge is -2.03. The average molecular weight is 255 g/mol. The van der Waals surface area contributed by atoms with E-state index in [1.54, 1.807) is 24.7 Å². The smallest absolute Gasteiger partial charge is 0.253 e. The molecule has 2 rings (SSSR count). The van der Waals surface area contributed by atoms with E-state index in [0.717, 1.165) is 5.56 Å². The van der Waals surface area contributed by atoms with Gasteiger partial charge in [0.05, 0.1) is 18.3 Å². The summed E-state index contributed by atoms with van der Waals surface area (Å²) in [5.74, 6) is 5.35. The molecule has 2 heterocycles. The van der Waals surface area contributed by atoms with Crippen molar-refractivity contribution >= 4 is 5.91 Å². The number of hydrogen-bond donors (Lipinski definition) is 3. The third kappa shape index (κ3) is 3.66. The molecule has 0 atom stereocenters. The van der Waals surface area contributed by atoms with Crippen molar-refractivity contribution in [3.05, 3.63) is 47.5 Å². The standard InChI is InChI=1S/C13H13N5O/c14-3-1-2-10-4-12(9-15-5-10)13(19)16-6-11-7-17-18-8-11/h4-5,7-9H,3,6,14H2,(H,16,19)(H,17,18). The molecule has 0 aliphatic rings. The largest absolute Gasteiger partial charge is 0.348 e. The monoisotopic (exact) mass is 255 g/mol. The Balaban J connectivity index is 2.02. The number of H-pyrrole nitrogens is 1. The summed E-state index contributed by atoms with van der Waals surface area (Å²) >= 11 is 0. The van der Waals surface area contributed by atoms with E-state index in [4.69, 9.17) is 5.73 Å². The van der Waals surface area contributed by atoms with Gasteiger partial charge in [-0.3, -0.25) is 14.9 Å². The van der Waals surface area contributed by atoms with E-state index < -0.39 is 0 Å². The Kier molecular flexibility index (Phi) is 4.26. The summed E-state index contributed by atoms with van der Waals surface area (Å²) in [4.78, 5) is 15.9. The molecule has 0 saturated heterocycles. The summed E-state index contributed by atoms with van der Waals surface area (Å²) in [5, 5.41) is 9.26. The van der Waals surface area contributed by atoms with Gasteiger partial charge in [-0.2, -0.15) is 5.10 Å². The quantitative estimate of drug-likeness (QED) is 0.675. The number of aromatic amines is 1. The van der Waals surface area contributed by atoms with Gasteiger partial charge in [0.1, 0.15) is 0 Å². The van der Waals surface area contributed by atoms with Gasteiger partial charge in [-0.25, -0.2) is 0 Å². The predicted molar refractivity (Wildman–Crippen MR) is 69.9 cm³/mol. The molecule has 1 amide bonds. The average Bonchev–Trinajstić information content (AvgIpc) is 2.96. The maximum atomic E-state index is 11.9. The number of amides is 1. The Morgan fingerprint density at radius 2 is 2.32 bits per heavy atom. The van der Waals surface area contributed by atoms with E-state index in [9.17, 15) is 4.79 Å². The van der Waals surface area contributed by atoms with Gasteiger partial charge < -0.3 is 11.1 Å². The van der Waals surface area contributed by atoms with Crippen LogP contribution in [0.1, 0.15) is 21.5 Å². The van der Waals surface area contributed by atoms with Gasteiger partial charge in [-0.15, -0.1) is 0 Å². The zero-order valence-corrected chi connectivity index (χ0v) is 10.2. The summed E-state index contributed by atoms with van der Waals surface area (Å²) < 4.78 is 0. The van der Waals surface area contributed by atoms with Gasteiger partial charge in [0.25, 0.3) is 5.91 Å². The molecule has 0 aromatic carbocycles. The fourth-order valence-electron chi connectivity index (χ4n) is 1.44. The van der Waals surface area contributed by atoms with E-state index in [1.807, 2.05) is 0 Å². The molecular weight excluding hydrogens is 242 g/mol. The molecular formula is C13H13N5O. The first kappa shape index (κ1) is 12.8. The topological polar surface area (TPSA) is 96.7 Å². The molecule has 2 aromatic rings. The van der Waals surface area contributed by atoms with E-state index in [-0.39, 0.29) is 12.5 Å². The van der Waals surface area contributed by atoms with E-state index in [2.05, 4.69) is 32.3 Å². The number of carbonyl (C=O) groups is 1. The van der Waals surface area contributed by atoms with Gasteiger partial charge in [-0.1, -0.05) is 11.8 Å². The van der Waals surface area contributed by atoms with Crippen LogP contribution in [0.5, 0.6) is 0 Å². The minimum absolute atomic E-state index is 0.204. The molecule has 0 radical (unpaired) electrons. The number of nitrogens with one attached hydrogen (secondary N) is 2. The second kappa shape index (κ2) is 6.33. The van der Waals surface area contributed by atoms with Crippen molar-refractivity contribution < 1.29 is 4.79 Å². The Morgan fingerprint density at radius 1 is 1.42 bits per heavy atom. The number of nitrogens with two attached hydrogens (primary N) is 1. The normalized spacial score (nSPS) is 9.53. The Bertz CT molecular complexity index is 609. The molecule has 0 saturated carbocycles. The van der Waals surface area contributed by atoms with Crippen LogP contribution in [0.2, 0.25) is 0 Å². The maximum Gasteiger partial charge on any atom is 0.253 e.